The number of hydrogen-bond donors (Lipinski definition) is 2. The van der Waals surface area contributed by atoms with Crippen LogP contribution in [0.1, 0.15) is 0 Å². The molecule has 0 fully saturated rings. The van der Waals surface area contributed by atoms with E-state index in [9.17, 15) is 0 Å². The van der Waals surface area contributed by atoms with E-state index in [1.165, 1.54) is 11.5 Å². The normalized spacial score (nSPS) is 8.00. The van der Waals surface area contributed by atoms with Crippen molar-refractivity contribution in [3.63, 3.8) is 0 Å². The largest absolute Gasteiger partial charge is 0.299 e. The summed E-state index contributed by atoms with van der Waals surface area (Å²) in [6, 6.07) is 3.88. The monoisotopic (exact) mass is 114 g/mol. The molecule has 0 saturated carbocycles. The van der Waals surface area contributed by atoms with Gasteiger partial charge < -0.3 is 0 Å². The first kappa shape index (κ1) is 4.46. The van der Waals surface area contributed by atoms with Crippen molar-refractivity contribution in [3.05, 3.63) is 23.7 Å². The lowest BCUT2D eigenvalue weighted by Crippen LogP contribution is -1.58. The van der Waals surface area contributed by atoms with Crippen molar-refractivity contribution in [1.82, 2.24) is 9.59 Å². The fourth-order valence-electron chi connectivity index (χ4n) is 0.290. The van der Waals surface area contributed by atoms with Gasteiger partial charge >= 0.3 is 0 Å². The van der Waals surface area contributed by atoms with Gasteiger partial charge in [-0.25, -0.2) is 0 Å². The molecule has 2 N–H and O–H groups in total. The van der Waals surface area contributed by atoms with Crippen molar-refractivity contribution < 1.29 is 0 Å². The van der Waals surface area contributed by atoms with E-state index >= 15 is 0 Å². The van der Waals surface area contributed by atoms with Gasteiger partial charge in [-0.05, 0) is 12.1 Å². The molecule has 1 aromatic rings. The van der Waals surface area contributed by atoms with Gasteiger partial charge in [-0.3, -0.25) is 9.59 Å². The van der Waals surface area contributed by atoms with Crippen molar-refractivity contribution in [1.29, 1.82) is 0 Å². The summed E-state index contributed by atoms with van der Waals surface area (Å²) in [5.41, 5.74) is 0. The van der Waals surface area contributed by atoms with Crippen LogP contribution < -0.4 is 0 Å². The molecule has 38 valence electrons. The Balaban J connectivity index is 3.06. The molecule has 1 heterocycles. The third-order valence-corrected chi connectivity index (χ3v) is 1.08. The van der Waals surface area contributed by atoms with Gasteiger partial charge in [0, 0.05) is 11.6 Å². The summed E-state index contributed by atoms with van der Waals surface area (Å²) in [7, 11) is 0. The third kappa shape index (κ3) is 1.45. The molecule has 0 amide bonds. The van der Waals surface area contributed by atoms with Gasteiger partial charge in [0.05, 0.1) is 0 Å². The highest BCUT2D eigenvalue weighted by atomic mass is 32.1. The molecule has 0 aromatic carbocycles. The van der Waals surface area contributed by atoms with Crippen LogP contribution in [0.15, 0.2) is 23.7 Å². The molecule has 0 saturated heterocycles. The summed E-state index contributed by atoms with van der Waals surface area (Å²) in [4.78, 5) is 0. The Kier molecular flexibility index (Phi) is 1.57. The number of hydrogen-bond acceptors (Lipinski definition) is 1. The van der Waals surface area contributed by atoms with E-state index in [-0.39, 0.29) is 0 Å². The quantitative estimate of drug-likeness (QED) is 0.512. The average molecular weight is 114 g/mol. The summed E-state index contributed by atoms with van der Waals surface area (Å²) in [6.45, 7) is 0. The molecule has 0 aliphatic carbocycles. The van der Waals surface area contributed by atoms with E-state index in [0.717, 1.165) is 0 Å². The lowest BCUT2D eigenvalue weighted by Gasteiger charge is -1.64. The minimum Gasteiger partial charge on any atom is -0.299 e. The standard InChI is InChI=1S/C4H6N2S/c1-2-4-7-6-5-3-1/h1-6H. The van der Waals surface area contributed by atoms with Crippen molar-refractivity contribution in [2.24, 2.45) is 0 Å². The Morgan fingerprint density at radius 2 is 2.29 bits per heavy atom. The first-order chi connectivity index (χ1) is 3.50. The Labute approximate surface area is 45.6 Å². The summed E-state index contributed by atoms with van der Waals surface area (Å²) in [5.74, 6) is 0. The second-order valence-electron chi connectivity index (χ2n) is 1.05. The van der Waals surface area contributed by atoms with Crippen LogP contribution in [0.4, 0.5) is 0 Å². The van der Waals surface area contributed by atoms with E-state index in [2.05, 4.69) is 9.59 Å². The van der Waals surface area contributed by atoms with Gasteiger partial charge in [0.15, 0.2) is 0 Å². The molecule has 7 heavy (non-hydrogen) atoms. The van der Waals surface area contributed by atoms with Crippen LogP contribution in [0.25, 0.3) is 0 Å². The molecular formula is C4H6N2S. The molecule has 2 nitrogen and oxygen atoms in total. The van der Waals surface area contributed by atoms with E-state index in [0.29, 0.717) is 0 Å². The molecule has 1 rings (SSSR count). The Bertz CT molecular complexity index is 97.7. The lowest BCUT2D eigenvalue weighted by molar-refractivity contribution is 1.14. The van der Waals surface area contributed by atoms with Crippen molar-refractivity contribution in [2.75, 3.05) is 0 Å². The minimum absolute atomic E-state index is 1.51. The SMILES string of the molecule is c1ccs[nH][nH]c1. The summed E-state index contributed by atoms with van der Waals surface area (Å²) < 4.78 is 2.84. The molecule has 0 atom stereocenters. The first-order valence-electron chi connectivity index (χ1n) is 1.98. The van der Waals surface area contributed by atoms with E-state index in [1.807, 2.05) is 23.7 Å². The third-order valence-electron chi connectivity index (χ3n) is 0.555. The number of aromatic nitrogens is 2. The zero-order valence-corrected chi connectivity index (χ0v) is 4.53. The van der Waals surface area contributed by atoms with E-state index in [1.54, 1.807) is 0 Å². The van der Waals surface area contributed by atoms with Crippen LogP contribution >= 0.6 is 11.5 Å². The molecule has 0 unspecified atom stereocenters. The smallest absolute Gasteiger partial charge is 0.0187 e. The Morgan fingerprint density at radius 1 is 1.29 bits per heavy atom. The maximum atomic E-state index is 2.84. The topological polar surface area (TPSA) is 31.6 Å². The lowest BCUT2D eigenvalue weighted by atomic mass is 10.7. The highest BCUT2D eigenvalue weighted by Crippen LogP contribution is 1.79. The van der Waals surface area contributed by atoms with Crippen molar-refractivity contribution in [2.45, 2.75) is 0 Å². The fraction of sp³-hybridized carbons (Fsp3) is 0. The van der Waals surface area contributed by atoms with Crippen LogP contribution in [0.2, 0.25) is 0 Å². The van der Waals surface area contributed by atoms with Crippen LogP contribution in [-0.2, 0) is 0 Å². The molecule has 3 heteroatoms. The number of nitrogens with one attached hydrogen (secondary N) is 2. The minimum atomic E-state index is 1.51. The van der Waals surface area contributed by atoms with Gasteiger partial charge in [-0.1, -0.05) is 11.5 Å². The molecule has 0 spiro atoms. The van der Waals surface area contributed by atoms with Crippen LogP contribution in [-0.4, -0.2) is 9.59 Å². The molecule has 0 aliphatic heterocycles. The van der Waals surface area contributed by atoms with Crippen LogP contribution in [0, 0.1) is 0 Å². The average Bonchev–Trinajstić information content (AvgIpc) is 1.90. The maximum absolute atomic E-state index is 2.84. The zero-order chi connectivity index (χ0) is 4.95. The molecule has 1 aromatic heterocycles. The predicted molar refractivity (Wildman–Crippen MR) is 30.6 cm³/mol. The molecule has 0 bridgehead atoms. The number of H-pyrrole nitrogens is 2. The highest BCUT2D eigenvalue weighted by molar-refractivity contribution is 7.03. The van der Waals surface area contributed by atoms with Crippen LogP contribution in [0.5, 0.6) is 0 Å². The molecule has 0 radical (unpaired) electrons. The molecule has 0 aliphatic rings. The fourth-order valence-corrected chi connectivity index (χ4v) is 0.664. The van der Waals surface area contributed by atoms with Gasteiger partial charge in [0.25, 0.3) is 0 Å². The van der Waals surface area contributed by atoms with Crippen molar-refractivity contribution >= 4 is 11.5 Å². The molecular weight excluding hydrogens is 108 g/mol. The van der Waals surface area contributed by atoms with Gasteiger partial charge in [0.2, 0.25) is 0 Å². The zero-order valence-electron chi connectivity index (χ0n) is 3.72. The van der Waals surface area contributed by atoms with Gasteiger partial charge in [-0.15, -0.1) is 0 Å². The Hall–Kier alpha value is -0.700. The maximum Gasteiger partial charge on any atom is 0.0187 e. The van der Waals surface area contributed by atoms with E-state index in [4.69, 9.17) is 0 Å². The number of aromatic amines is 2. The summed E-state index contributed by atoms with van der Waals surface area (Å²) in [6.07, 6.45) is 1.83. The summed E-state index contributed by atoms with van der Waals surface area (Å²) >= 11 is 1.51. The second kappa shape index (κ2) is 2.47. The highest BCUT2D eigenvalue weighted by Gasteiger charge is 1.55. The summed E-state index contributed by atoms with van der Waals surface area (Å²) in [5, 5.41) is 4.77. The predicted octanol–water partition coefficient (Wildman–Crippen LogP) is 1.53. The van der Waals surface area contributed by atoms with Gasteiger partial charge in [-0.2, -0.15) is 0 Å². The van der Waals surface area contributed by atoms with E-state index < -0.39 is 0 Å². The Morgan fingerprint density at radius 3 is 3.29 bits per heavy atom. The first-order valence-corrected chi connectivity index (χ1v) is 2.86. The van der Waals surface area contributed by atoms with Crippen LogP contribution in [0.3, 0.4) is 0 Å². The van der Waals surface area contributed by atoms with Gasteiger partial charge in [0.1, 0.15) is 0 Å². The number of rotatable bonds is 0. The second-order valence-corrected chi connectivity index (χ2v) is 1.76. The van der Waals surface area contributed by atoms with Crippen molar-refractivity contribution in [3.8, 4) is 0 Å².